The van der Waals surface area contributed by atoms with Gasteiger partial charge >= 0.3 is 0 Å². The fraction of sp³-hybridized carbons (Fsp3) is 0.837. The Kier molecular flexibility index (Phi) is 24.6. The van der Waals surface area contributed by atoms with Crippen molar-refractivity contribution in [2.45, 2.75) is 251 Å². The van der Waals surface area contributed by atoms with Gasteiger partial charge in [-0.1, -0.05) is 179 Å². The maximum atomic E-state index is 6.80. The van der Waals surface area contributed by atoms with E-state index in [1.54, 1.807) is 0 Å². The molecule has 51 heavy (non-hydrogen) atoms. The average Bonchev–Trinajstić information content (AvgIpc) is 3.66. The van der Waals surface area contributed by atoms with Gasteiger partial charge in [0.05, 0.1) is 12.2 Å². The molecule has 2 nitrogen and oxygen atoms in total. The normalized spacial score (nSPS) is 22.5. The molecule has 1 unspecified atom stereocenters. The summed E-state index contributed by atoms with van der Waals surface area (Å²) in [6.07, 6.45) is 63.4. The van der Waals surface area contributed by atoms with Gasteiger partial charge in [0.1, 0.15) is 0 Å². The first-order chi connectivity index (χ1) is 25.1. The molecular formula is C49H86O2. The summed E-state index contributed by atoms with van der Waals surface area (Å²) in [4.78, 5) is 0. The molecule has 1 heterocycles. The van der Waals surface area contributed by atoms with Crippen LogP contribution in [0.15, 0.2) is 48.6 Å². The zero-order chi connectivity index (χ0) is 36.1. The molecule has 0 aromatic heterocycles. The van der Waals surface area contributed by atoms with Gasteiger partial charge in [-0.2, -0.15) is 0 Å². The van der Waals surface area contributed by atoms with Gasteiger partial charge in [-0.3, -0.25) is 0 Å². The Morgan fingerprint density at radius 3 is 1.22 bits per heavy atom. The second-order valence-corrected chi connectivity index (χ2v) is 17.2. The molecule has 0 bridgehead atoms. The molecule has 1 aliphatic heterocycles. The van der Waals surface area contributed by atoms with Crippen molar-refractivity contribution in [3.63, 3.8) is 0 Å². The molecule has 1 saturated heterocycles. The molecule has 0 N–H and O–H groups in total. The third kappa shape index (κ3) is 19.2. The summed E-state index contributed by atoms with van der Waals surface area (Å²) in [5.41, 5.74) is 0.477. The highest BCUT2D eigenvalue weighted by Gasteiger charge is 2.62. The number of fused-ring (bicyclic) bond motifs is 1. The van der Waals surface area contributed by atoms with Crippen molar-refractivity contribution in [3.8, 4) is 0 Å². The number of hydrogen-bond donors (Lipinski definition) is 0. The highest BCUT2D eigenvalue weighted by molar-refractivity contribution is 5.06. The number of unbranched alkanes of at least 4 members (excludes halogenated alkanes) is 19. The van der Waals surface area contributed by atoms with Gasteiger partial charge in [0.2, 0.25) is 0 Å². The van der Waals surface area contributed by atoms with E-state index in [4.69, 9.17) is 9.47 Å². The summed E-state index contributed by atoms with van der Waals surface area (Å²) in [6.45, 7) is 6.87. The first-order valence-corrected chi connectivity index (χ1v) is 23.1. The van der Waals surface area contributed by atoms with E-state index in [-0.39, 0.29) is 5.79 Å². The van der Waals surface area contributed by atoms with Crippen LogP contribution in [-0.4, -0.2) is 18.0 Å². The van der Waals surface area contributed by atoms with E-state index >= 15 is 0 Å². The summed E-state index contributed by atoms with van der Waals surface area (Å²) >= 11 is 0. The van der Waals surface area contributed by atoms with Crippen molar-refractivity contribution in [1.29, 1.82) is 0 Å². The van der Waals surface area contributed by atoms with Crippen LogP contribution >= 0.6 is 0 Å². The van der Waals surface area contributed by atoms with Crippen molar-refractivity contribution in [2.24, 2.45) is 11.3 Å². The molecule has 0 radical (unpaired) electrons. The molecule has 3 atom stereocenters. The Morgan fingerprint density at radius 2 is 0.804 bits per heavy atom. The Labute approximate surface area is 319 Å². The van der Waals surface area contributed by atoms with Crippen LogP contribution in [0.2, 0.25) is 0 Å². The molecular weight excluding hydrogens is 621 g/mol. The van der Waals surface area contributed by atoms with Crippen LogP contribution in [0.5, 0.6) is 0 Å². The van der Waals surface area contributed by atoms with Gasteiger partial charge in [0, 0.05) is 12.8 Å². The molecule has 2 aliphatic carbocycles. The van der Waals surface area contributed by atoms with E-state index in [1.807, 2.05) is 0 Å². The second-order valence-electron chi connectivity index (χ2n) is 17.2. The molecule has 3 rings (SSSR count). The van der Waals surface area contributed by atoms with Gasteiger partial charge in [-0.25, -0.2) is 0 Å². The Balaban J connectivity index is 1.26. The lowest BCUT2D eigenvalue weighted by molar-refractivity contribution is -0.281. The molecule has 294 valence electrons. The first-order valence-electron chi connectivity index (χ1n) is 23.1. The predicted octanol–water partition coefficient (Wildman–Crippen LogP) is 16.3. The second kappa shape index (κ2) is 28.3. The maximum absolute atomic E-state index is 6.80. The van der Waals surface area contributed by atoms with Gasteiger partial charge in [-0.05, 0) is 101 Å². The van der Waals surface area contributed by atoms with Crippen molar-refractivity contribution in [1.82, 2.24) is 0 Å². The Morgan fingerprint density at radius 1 is 0.431 bits per heavy atom. The molecule has 0 aromatic carbocycles. The van der Waals surface area contributed by atoms with Crippen molar-refractivity contribution < 1.29 is 9.47 Å². The topological polar surface area (TPSA) is 18.5 Å². The van der Waals surface area contributed by atoms with E-state index in [0.717, 1.165) is 18.8 Å². The van der Waals surface area contributed by atoms with Crippen LogP contribution in [0, 0.1) is 11.3 Å². The SMILES string of the molecule is CCCCC/C=C\C/C=C\CCCCCCCCC1(CCCCCCCC/C=C\C/C=C\CCCCC)CC2(C1)O[C@H]1CC(CCCC)C[C@H]1O2. The third-order valence-electron chi connectivity index (χ3n) is 12.3. The third-order valence-corrected chi connectivity index (χ3v) is 12.3. The zero-order valence-corrected chi connectivity index (χ0v) is 34.5. The minimum absolute atomic E-state index is 0.220. The van der Waals surface area contributed by atoms with Gasteiger partial charge in [-0.15, -0.1) is 0 Å². The fourth-order valence-electron chi connectivity index (χ4n) is 9.33. The minimum Gasteiger partial charge on any atom is -0.344 e. The Hall–Kier alpha value is -1.12. The minimum atomic E-state index is -0.220. The van der Waals surface area contributed by atoms with Crippen molar-refractivity contribution >= 4 is 0 Å². The quantitative estimate of drug-likeness (QED) is 0.0500. The van der Waals surface area contributed by atoms with Crippen LogP contribution in [0.3, 0.4) is 0 Å². The standard InChI is InChI=1S/C49H86O2/c1-4-7-10-12-14-16-18-20-22-24-26-28-30-32-34-36-39-48(43-49(44-48)50-46-41-45(38-9-6-3)42-47(46)51-49)40-37-35-33-31-29-27-25-23-21-19-17-15-13-11-8-5-2/h14-17,20-23,45-47H,4-13,18-19,24-44H2,1-3H3/b16-14-,17-15-,22-20-,23-21-/t45?,46-,47+. The van der Waals surface area contributed by atoms with Crippen molar-refractivity contribution in [3.05, 3.63) is 48.6 Å². The summed E-state index contributed by atoms with van der Waals surface area (Å²) in [6, 6.07) is 0. The Bertz CT molecular complexity index is 870. The maximum Gasteiger partial charge on any atom is 0.170 e. The number of allylic oxidation sites excluding steroid dienone is 8. The van der Waals surface area contributed by atoms with Crippen LogP contribution < -0.4 is 0 Å². The molecule has 2 heteroatoms. The van der Waals surface area contributed by atoms with Gasteiger partial charge in [0.25, 0.3) is 0 Å². The number of rotatable bonds is 33. The molecule has 3 fully saturated rings. The summed E-state index contributed by atoms with van der Waals surface area (Å²) < 4.78 is 13.6. The zero-order valence-electron chi connectivity index (χ0n) is 34.5. The number of hydrogen-bond acceptors (Lipinski definition) is 2. The smallest absolute Gasteiger partial charge is 0.170 e. The van der Waals surface area contributed by atoms with Crippen molar-refractivity contribution in [2.75, 3.05) is 0 Å². The van der Waals surface area contributed by atoms with E-state index in [1.165, 1.54) is 199 Å². The summed E-state index contributed by atoms with van der Waals surface area (Å²) in [7, 11) is 0. The fourth-order valence-corrected chi connectivity index (χ4v) is 9.33. The lowest BCUT2D eigenvalue weighted by atomic mass is 9.59. The average molecular weight is 707 g/mol. The summed E-state index contributed by atoms with van der Waals surface area (Å²) in [5, 5.41) is 0. The van der Waals surface area contributed by atoms with Gasteiger partial charge < -0.3 is 9.47 Å². The van der Waals surface area contributed by atoms with Crippen LogP contribution in [0.25, 0.3) is 0 Å². The van der Waals surface area contributed by atoms with E-state index < -0.39 is 0 Å². The van der Waals surface area contributed by atoms with E-state index in [0.29, 0.717) is 17.6 Å². The molecule has 1 spiro atoms. The largest absolute Gasteiger partial charge is 0.344 e. The van der Waals surface area contributed by atoms with Gasteiger partial charge in [0.15, 0.2) is 5.79 Å². The number of ether oxygens (including phenoxy) is 2. The molecule has 0 aromatic rings. The van der Waals surface area contributed by atoms with Crippen LogP contribution in [0.4, 0.5) is 0 Å². The van der Waals surface area contributed by atoms with Crippen LogP contribution in [-0.2, 0) is 9.47 Å². The lowest BCUT2D eigenvalue weighted by Crippen LogP contribution is -2.53. The monoisotopic (exact) mass is 707 g/mol. The molecule has 3 aliphatic rings. The van der Waals surface area contributed by atoms with E-state index in [9.17, 15) is 0 Å². The molecule has 2 saturated carbocycles. The molecule has 0 amide bonds. The predicted molar refractivity (Wildman–Crippen MR) is 224 cm³/mol. The summed E-state index contributed by atoms with van der Waals surface area (Å²) in [5.74, 6) is 0.612. The highest BCUT2D eigenvalue weighted by atomic mass is 16.8. The lowest BCUT2D eigenvalue weighted by Gasteiger charge is -2.54. The van der Waals surface area contributed by atoms with Crippen LogP contribution in [0.1, 0.15) is 233 Å². The highest BCUT2D eigenvalue weighted by Crippen LogP contribution is 2.61. The van der Waals surface area contributed by atoms with E-state index in [2.05, 4.69) is 69.4 Å². The first kappa shape index (κ1) is 44.3.